The van der Waals surface area contributed by atoms with Crippen molar-refractivity contribution in [3.05, 3.63) is 70.2 Å². The van der Waals surface area contributed by atoms with Crippen molar-refractivity contribution in [3.63, 3.8) is 0 Å². The van der Waals surface area contributed by atoms with Gasteiger partial charge in [-0.1, -0.05) is 41.6 Å². The van der Waals surface area contributed by atoms with E-state index >= 15 is 0 Å². The molecule has 138 valence electrons. The van der Waals surface area contributed by atoms with E-state index in [1.54, 1.807) is 27.1 Å². The number of hydrogen-bond acceptors (Lipinski definition) is 5. The van der Waals surface area contributed by atoms with Gasteiger partial charge in [0.15, 0.2) is 5.69 Å². The second kappa shape index (κ2) is 10.1. The Labute approximate surface area is 163 Å². The summed E-state index contributed by atoms with van der Waals surface area (Å²) in [5.74, 6) is -0.116. The van der Waals surface area contributed by atoms with Gasteiger partial charge < -0.3 is 10.6 Å². The fraction of sp³-hybridized carbons (Fsp3) is 0.278. The third kappa shape index (κ3) is 5.39. The van der Waals surface area contributed by atoms with Crippen LogP contribution in [-0.4, -0.2) is 38.9 Å². The minimum absolute atomic E-state index is 0. The van der Waals surface area contributed by atoms with Crippen LogP contribution in [0, 0.1) is 0 Å². The SMILES string of the molecule is Cl.NCCCN(Cc1ccccc1)C(=O)c1cn(Cc2cccs2)nn1. The van der Waals surface area contributed by atoms with E-state index < -0.39 is 0 Å². The molecule has 1 amide bonds. The highest BCUT2D eigenvalue weighted by molar-refractivity contribution is 7.09. The fourth-order valence-electron chi connectivity index (χ4n) is 2.54. The van der Waals surface area contributed by atoms with Crippen LogP contribution < -0.4 is 5.73 Å². The van der Waals surface area contributed by atoms with Gasteiger partial charge in [0, 0.05) is 18.0 Å². The molecule has 2 N–H and O–H groups in total. The number of benzene rings is 1. The average molecular weight is 392 g/mol. The zero-order valence-electron chi connectivity index (χ0n) is 14.3. The molecule has 0 unspecified atom stereocenters. The zero-order chi connectivity index (χ0) is 17.5. The van der Waals surface area contributed by atoms with Crippen molar-refractivity contribution in [2.24, 2.45) is 5.73 Å². The number of carbonyl (C=O) groups excluding carboxylic acids is 1. The summed E-state index contributed by atoms with van der Waals surface area (Å²) in [4.78, 5) is 15.8. The minimum Gasteiger partial charge on any atom is -0.333 e. The van der Waals surface area contributed by atoms with Crippen molar-refractivity contribution in [2.75, 3.05) is 13.1 Å². The summed E-state index contributed by atoms with van der Waals surface area (Å²) in [7, 11) is 0. The number of aromatic nitrogens is 3. The van der Waals surface area contributed by atoms with Crippen LogP contribution in [0.2, 0.25) is 0 Å². The zero-order valence-corrected chi connectivity index (χ0v) is 16.0. The van der Waals surface area contributed by atoms with E-state index in [9.17, 15) is 4.79 Å². The fourth-order valence-corrected chi connectivity index (χ4v) is 3.23. The molecule has 3 rings (SSSR count). The van der Waals surface area contributed by atoms with Crippen molar-refractivity contribution in [2.45, 2.75) is 19.5 Å². The molecule has 0 bridgehead atoms. The minimum atomic E-state index is -0.116. The third-order valence-electron chi connectivity index (χ3n) is 3.79. The molecule has 0 radical (unpaired) electrons. The van der Waals surface area contributed by atoms with Crippen LogP contribution in [0.5, 0.6) is 0 Å². The Morgan fingerprint density at radius 1 is 1.19 bits per heavy atom. The van der Waals surface area contributed by atoms with Crippen molar-refractivity contribution in [1.82, 2.24) is 19.9 Å². The molecule has 8 heteroatoms. The monoisotopic (exact) mass is 391 g/mol. The van der Waals surface area contributed by atoms with E-state index in [-0.39, 0.29) is 18.3 Å². The molecule has 2 heterocycles. The Morgan fingerprint density at radius 2 is 2.00 bits per heavy atom. The van der Waals surface area contributed by atoms with Crippen molar-refractivity contribution >= 4 is 29.7 Å². The van der Waals surface area contributed by atoms with Crippen molar-refractivity contribution in [3.8, 4) is 0 Å². The molecule has 0 spiro atoms. The molecule has 2 aromatic heterocycles. The first-order valence-electron chi connectivity index (χ1n) is 8.22. The number of hydrogen-bond donors (Lipinski definition) is 1. The van der Waals surface area contributed by atoms with E-state index in [0.717, 1.165) is 12.0 Å². The number of halogens is 1. The van der Waals surface area contributed by atoms with E-state index in [1.165, 1.54) is 4.88 Å². The summed E-state index contributed by atoms with van der Waals surface area (Å²) in [5.41, 5.74) is 7.07. The first-order chi connectivity index (χ1) is 12.3. The van der Waals surface area contributed by atoms with Crippen LogP contribution >= 0.6 is 23.7 Å². The lowest BCUT2D eigenvalue weighted by Crippen LogP contribution is -2.32. The van der Waals surface area contributed by atoms with E-state index in [1.807, 2.05) is 47.8 Å². The van der Waals surface area contributed by atoms with Gasteiger partial charge in [0.25, 0.3) is 5.91 Å². The molecule has 0 fully saturated rings. The van der Waals surface area contributed by atoms with Crippen molar-refractivity contribution < 1.29 is 4.79 Å². The number of rotatable bonds is 8. The second-order valence-corrected chi connectivity index (χ2v) is 6.77. The van der Waals surface area contributed by atoms with Gasteiger partial charge in [-0.2, -0.15) is 0 Å². The molecule has 0 atom stereocenters. The number of carbonyl (C=O) groups is 1. The number of nitrogens with two attached hydrogens (primary N) is 1. The normalized spacial score (nSPS) is 10.3. The van der Waals surface area contributed by atoms with E-state index in [0.29, 0.717) is 31.9 Å². The largest absolute Gasteiger partial charge is 0.333 e. The van der Waals surface area contributed by atoms with Gasteiger partial charge in [-0.15, -0.1) is 28.8 Å². The molecule has 3 aromatic rings. The van der Waals surface area contributed by atoms with Crippen LogP contribution in [0.3, 0.4) is 0 Å². The van der Waals surface area contributed by atoms with Gasteiger partial charge in [-0.3, -0.25) is 4.79 Å². The molecule has 0 saturated heterocycles. The van der Waals surface area contributed by atoms with Gasteiger partial charge >= 0.3 is 0 Å². The van der Waals surface area contributed by atoms with Crippen LogP contribution in [0.1, 0.15) is 27.3 Å². The standard InChI is InChI=1S/C18H21N5OS.ClH/c19-9-5-10-22(12-15-6-2-1-3-7-15)18(24)17-14-23(21-20-17)13-16-8-4-11-25-16;/h1-4,6-8,11,14H,5,9-10,12-13,19H2;1H. The Bertz CT molecular complexity index is 791. The topological polar surface area (TPSA) is 77.0 Å². The van der Waals surface area contributed by atoms with Gasteiger partial charge in [0.05, 0.1) is 12.7 Å². The Hall–Kier alpha value is -2.22. The predicted octanol–water partition coefficient (Wildman–Crippen LogP) is 2.80. The molecule has 0 aliphatic carbocycles. The van der Waals surface area contributed by atoms with Gasteiger partial charge in [0.2, 0.25) is 0 Å². The third-order valence-corrected chi connectivity index (χ3v) is 4.65. The maximum absolute atomic E-state index is 12.8. The first-order valence-corrected chi connectivity index (χ1v) is 9.10. The molecular formula is C18H22ClN5OS. The van der Waals surface area contributed by atoms with Gasteiger partial charge in [0.1, 0.15) is 0 Å². The second-order valence-electron chi connectivity index (χ2n) is 5.74. The molecule has 26 heavy (non-hydrogen) atoms. The summed E-state index contributed by atoms with van der Waals surface area (Å²) < 4.78 is 1.70. The number of thiophene rings is 1. The number of nitrogens with zero attached hydrogens (tertiary/aromatic N) is 4. The van der Waals surface area contributed by atoms with Crippen molar-refractivity contribution in [1.29, 1.82) is 0 Å². The van der Waals surface area contributed by atoms with Crippen LogP contribution in [0.25, 0.3) is 0 Å². The van der Waals surface area contributed by atoms with Crippen LogP contribution in [0.15, 0.2) is 54.0 Å². The van der Waals surface area contributed by atoms with E-state index in [2.05, 4.69) is 10.3 Å². The lowest BCUT2D eigenvalue weighted by molar-refractivity contribution is 0.0736. The van der Waals surface area contributed by atoms with Gasteiger partial charge in [-0.25, -0.2) is 4.68 Å². The van der Waals surface area contributed by atoms with Crippen LogP contribution in [0.4, 0.5) is 0 Å². The van der Waals surface area contributed by atoms with E-state index in [4.69, 9.17) is 5.73 Å². The Kier molecular flexibility index (Phi) is 7.77. The highest BCUT2D eigenvalue weighted by Gasteiger charge is 2.19. The molecule has 0 aliphatic heterocycles. The molecular weight excluding hydrogens is 370 g/mol. The molecule has 6 nitrogen and oxygen atoms in total. The summed E-state index contributed by atoms with van der Waals surface area (Å²) in [5, 5.41) is 10.2. The summed E-state index contributed by atoms with van der Waals surface area (Å²) in [6.45, 7) is 2.31. The molecule has 0 aliphatic rings. The van der Waals surface area contributed by atoms with Crippen LogP contribution in [-0.2, 0) is 13.1 Å². The first kappa shape index (κ1) is 20.1. The highest BCUT2D eigenvalue weighted by Crippen LogP contribution is 2.12. The maximum atomic E-state index is 12.8. The maximum Gasteiger partial charge on any atom is 0.276 e. The molecule has 1 aromatic carbocycles. The molecule has 0 saturated carbocycles. The quantitative estimate of drug-likeness (QED) is 0.640. The summed E-state index contributed by atoms with van der Waals surface area (Å²) >= 11 is 1.66. The predicted molar refractivity (Wildman–Crippen MR) is 106 cm³/mol. The van der Waals surface area contributed by atoms with Gasteiger partial charge in [-0.05, 0) is 30.0 Å². The lowest BCUT2D eigenvalue weighted by atomic mass is 10.2. The number of amides is 1. The highest BCUT2D eigenvalue weighted by atomic mass is 35.5. The lowest BCUT2D eigenvalue weighted by Gasteiger charge is -2.21. The average Bonchev–Trinajstić information content (AvgIpc) is 3.31. The summed E-state index contributed by atoms with van der Waals surface area (Å²) in [6.07, 6.45) is 2.46. The Balaban J connectivity index is 0.00000243. The Morgan fingerprint density at radius 3 is 2.69 bits per heavy atom. The summed E-state index contributed by atoms with van der Waals surface area (Å²) in [6, 6.07) is 14.0. The smallest absolute Gasteiger partial charge is 0.276 e.